The summed E-state index contributed by atoms with van der Waals surface area (Å²) in [7, 11) is 1.58. The number of aromatic nitrogens is 2. The lowest BCUT2D eigenvalue weighted by Crippen LogP contribution is -2.20. The van der Waals surface area contributed by atoms with Crippen molar-refractivity contribution in [3.05, 3.63) is 116 Å². The molecular formula is C34H26BrN3O7. The number of benzene rings is 4. The average molecular weight is 669 g/mol. The maximum atomic E-state index is 13.7. The summed E-state index contributed by atoms with van der Waals surface area (Å²) in [4.78, 5) is 29.8. The molecule has 1 N–H and O–H groups in total. The fourth-order valence-electron chi connectivity index (χ4n) is 4.82. The van der Waals surface area contributed by atoms with E-state index in [4.69, 9.17) is 23.6 Å². The number of hydrogen-bond acceptors (Lipinski definition) is 8. The molecule has 0 unspecified atom stereocenters. The molecule has 0 atom stereocenters. The molecule has 2 heterocycles. The molecule has 0 aliphatic carbocycles. The maximum absolute atomic E-state index is 13.7. The lowest BCUT2D eigenvalue weighted by Gasteiger charge is -2.14. The van der Waals surface area contributed by atoms with Crippen molar-refractivity contribution >= 4 is 50.0 Å². The summed E-state index contributed by atoms with van der Waals surface area (Å²) >= 11 is 3.58. The van der Waals surface area contributed by atoms with Gasteiger partial charge in [0.15, 0.2) is 17.3 Å². The average Bonchev–Trinajstić information content (AvgIpc) is 3.49. The molecule has 0 aliphatic heterocycles. The highest BCUT2D eigenvalue weighted by Crippen LogP contribution is 2.35. The van der Waals surface area contributed by atoms with Crippen LogP contribution in [0.1, 0.15) is 28.4 Å². The summed E-state index contributed by atoms with van der Waals surface area (Å²) in [6.45, 7) is 2.35. The molecule has 0 fully saturated rings. The predicted molar refractivity (Wildman–Crippen MR) is 174 cm³/mol. The zero-order chi connectivity index (χ0) is 31.5. The molecule has 11 heteroatoms. The minimum absolute atomic E-state index is 0.130. The van der Waals surface area contributed by atoms with Gasteiger partial charge in [-0.2, -0.15) is 9.78 Å². The molecule has 10 nitrogen and oxygen atoms in total. The molecule has 0 amide bonds. The number of halogens is 1. The molecule has 45 heavy (non-hydrogen) atoms. The first-order valence-electron chi connectivity index (χ1n) is 13.9. The Morgan fingerprint density at radius 2 is 1.78 bits per heavy atom. The lowest BCUT2D eigenvalue weighted by atomic mass is 10.1. The van der Waals surface area contributed by atoms with Gasteiger partial charge in [-0.05, 0) is 83.0 Å². The van der Waals surface area contributed by atoms with Gasteiger partial charge in [0.05, 0.1) is 41.8 Å². The molecule has 6 aromatic rings. The van der Waals surface area contributed by atoms with E-state index < -0.39 is 5.97 Å². The first-order valence-corrected chi connectivity index (χ1v) is 14.7. The zero-order valence-corrected chi connectivity index (χ0v) is 25.8. The number of carboxylic acid groups (broad SMARTS) is 1. The summed E-state index contributed by atoms with van der Waals surface area (Å²) in [6, 6.07) is 24.3. The number of furan rings is 1. The fourth-order valence-corrected chi connectivity index (χ4v) is 5.24. The van der Waals surface area contributed by atoms with Crippen molar-refractivity contribution in [3.63, 3.8) is 0 Å². The monoisotopic (exact) mass is 667 g/mol. The molecule has 0 radical (unpaired) electrons. The molecule has 0 spiro atoms. The highest BCUT2D eigenvalue weighted by atomic mass is 79.9. The number of rotatable bonds is 10. The van der Waals surface area contributed by atoms with Crippen LogP contribution in [0.15, 0.2) is 104 Å². The Kier molecular flexibility index (Phi) is 8.35. The van der Waals surface area contributed by atoms with Gasteiger partial charge in [-0.15, -0.1) is 0 Å². The van der Waals surface area contributed by atoms with Gasteiger partial charge in [-0.1, -0.05) is 30.3 Å². The van der Waals surface area contributed by atoms with E-state index >= 15 is 0 Å². The molecule has 0 saturated carbocycles. The lowest BCUT2D eigenvalue weighted by molar-refractivity contribution is 0.0696. The number of fused-ring (bicyclic) bond motifs is 2. The quantitative estimate of drug-likeness (QED) is 0.153. The summed E-state index contributed by atoms with van der Waals surface area (Å²) in [6.07, 6.45) is 1.53. The second-order valence-electron chi connectivity index (χ2n) is 9.84. The number of carbonyl (C=O) groups is 1. The van der Waals surface area contributed by atoms with E-state index in [-0.39, 0.29) is 23.6 Å². The van der Waals surface area contributed by atoms with Crippen LogP contribution >= 0.6 is 15.9 Å². The van der Waals surface area contributed by atoms with Crippen LogP contribution in [0.2, 0.25) is 0 Å². The Morgan fingerprint density at radius 3 is 2.58 bits per heavy atom. The van der Waals surface area contributed by atoms with Crippen molar-refractivity contribution in [1.82, 2.24) is 9.66 Å². The van der Waals surface area contributed by atoms with Gasteiger partial charge in [-0.25, -0.2) is 9.78 Å². The van der Waals surface area contributed by atoms with Gasteiger partial charge in [0, 0.05) is 10.0 Å². The Bertz CT molecular complexity index is 2150. The molecule has 0 saturated heterocycles. The van der Waals surface area contributed by atoms with Crippen LogP contribution < -0.4 is 19.8 Å². The summed E-state index contributed by atoms with van der Waals surface area (Å²) < 4.78 is 25.3. The van der Waals surface area contributed by atoms with Gasteiger partial charge in [-0.3, -0.25) is 4.79 Å². The van der Waals surface area contributed by atoms with Crippen LogP contribution in [-0.2, 0) is 6.61 Å². The number of aromatic carboxylic acids is 1. The first-order chi connectivity index (χ1) is 21.9. The normalized spacial score (nSPS) is 11.4. The second-order valence-corrected chi connectivity index (χ2v) is 10.7. The van der Waals surface area contributed by atoms with Crippen molar-refractivity contribution in [1.29, 1.82) is 0 Å². The van der Waals surface area contributed by atoms with Crippen molar-refractivity contribution in [3.8, 4) is 28.8 Å². The second kappa shape index (κ2) is 12.7. The third-order valence-corrected chi connectivity index (χ3v) is 7.65. The van der Waals surface area contributed by atoms with Crippen molar-refractivity contribution in [2.45, 2.75) is 13.5 Å². The van der Waals surface area contributed by atoms with Crippen LogP contribution in [0.3, 0.4) is 0 Å². The van der Waals surface area contributed by atoms with Gasteiger partial charge in [0.25, 0.3) is 5.56 Å². The van der Waals surface area contributed by atoms with E-state index in [1.54, 1.807) is 61.7 Å². The molecule has 2 aromatic heterocycles. The van der Waals surface area contributed by atoms with Gasteiger partial charge >= 0.3 is 5.97 Å². The third-order valence-electron chi connectivity index (χ3n) is 6.96. The Balaban J connectivity index is 1.39. The first kappa shape index (κ1) is 29.6. The van der Waals surface area contributed by atoms with Crippen LogP contribution in [-0.4, -0.2) is 40.7 Å². The van der Waals surface area contributed by atoms with E-state index in [1.807, 2.05) is 31.2 Å². The number of ether oxygens (including phenoxy) is 3. The van der Waals surface area contributed by atoms with Crippen LogP contribution in [0.5, 0.6) is 17.2 Å². The molecule has 0 bridgehead atoms. The summed E-state index contributed by atoms with van der Waals surface area (Å²) in [5.41, 5.74) is 2.19. The van der Waals surface area contributed by atoms with Crippen molar-refractivity contribution < 1.29 is 28.5 Å². The van der Waals surface area contributed by atoms with Crippen LogP contribution in [0, 0.1) is 0 Å². The van der Waals surface area contributed by atoms with Gasteiger partial charge in [0.1, 0.15) is 17.9 Å². The molecule has 0 aliphatic rings. The van der Waals surface area contributed by atoms with E-state index in [0.717, 1.165) is 5.39 Å². The number of methoxy groups -OCH3 is 1. The summed E-state index contributed by atoms with van der Waals surface area (Å²) in [5.74, 6) is 1.08. The van der Waals surface area contributed by atoms with E-state index in [2.05, 4.69) is 21.0 Å². The maximum Gasteiger partial charge on any atom is 0.335 e. The van der Waals surface area contributed by atoms with E-state index in [1.165, 1.54) is 17.0 Å². The SMILES string of the molecule is CCOc1cc(C=Nn2c(-c3cc4c(OC)cccc4o3)nc3ccccc3c2=O)c(Br)cc1OCc1cccc(C(=O)O)c1. The van der Waals surface area contributed by atoms with Crippen LogP contribution in [0.4, 0.5) is 0 Å². The Labute approximate surface area is 265 Å². The minimum Gasteiger partial charge on any atom is -0.496 e. The van der Waals surface area contributed by atoms with E-state index in [9.17, 15) is 14.7 Å². The number of hydrogen-bond donors (Lipinski definition) is 1. The topological polar surface area (TPSA) is 125 Å². The molecular weight excluding hydrogens is 642 g/mol. The highest BCUT2D eigenvalue weighted by molar-refractivity contribution is 9.10. The Morgan fingerprint density at radius 1 is 0.978 bits per heavy atom. The number of carboxylic acids is 1. The molecule has 4 aromatic carbocycles. The number of para-hydroxylation sites is 1. The highest BCUT2D eigenvalue weighted by Gasteiger charge is 2.18. The largest absolute Gasteiger partial charge is 0.496 e. The standard InChI is InChI=1S/C34H26BrN3O7/c1-3-43-29-15-22(25(35)17-30(29)44-19-20-8-6-9-21(14-20)34(40)41)18-36-38-32(37-26-11-5-4-10-23(26)33(38)39)31-16-24-27(42-2)12-7-13-28(24)45-31/h4-18H,3,19H2,1-2H3,(H,40,41). The smallest absolute Gasteiger partial charge is 0.335 e. The zero-order valence-electron chi connectivity index (χ0n) is 24.2. The van der Waals surface area contributed by atoms with Gasteiger partial charge < -0.3 is 23.7 Å². The van der Waals surface area contributed by atoms with E-state index in [0.29, 0.717) is 61.7 Å². The van der Waals surface area contributed by atoms with Gasteiger partial charge in [0.2, 0.25) is 5.82 Å². The van der Waals surface area contributed by atoms with Crippen molar-refractivity contribution in [2.24, 2.45) is 5.10 Å². The minimum atomic E-state index is -1.01. The molecule has 226 valence electrons. The fraction of sp³-hybridized carbons (Fsp3) is 0.118. The summed E-state index contributed by atoms with van der Waals surface area (Å²) in [5, 5.41) is 15.0. The van der Waals surface area contributed by atoms with Crippen molar-refractivity contribution in [2.75, 3.05) is 13.7 Å². The third kappa shape index (κ3) is 6.02. The van der Waals surface area contributed by atoms with Crippen LogP contribution in [0.25, 0.3) is 33.5 Å². The Hall–Kier alpha value is -5.42. The predicted octanol–water partition coefficient (Wildman–Crippen LogP) is 7.14. The molecule has 6 rings (SSSR count). The number of nitrogens with zero attached hydrogens (tertiary/aromatic N) is 3.